The van der Waals surface area contributed by atoms with E-state index in [0.717, 1.165) is 46.4 Å². The highest BCUT2D eigenvalue weighted by Crippen LogP contribution is 2.27. The van der Waals surface area contributed by atoms with Crippen molar-refractivity contribution in [1.29, 1.82) is 0 Å². The predicted molar refractivity (Wildman–Crippen MR) is 124 cm³/mol. The number of morpholine rings is 1. The first-order valence-corrected chi connectivity index (χ1v) is 11.8. The highest BCUT2D eigenvalue weighted by Gasteiger charge is 2.20. The number of hydrogen-bond donors (Lipinski definition) is 1. The average Bonchev–Trinajstić information content (AvgIpc) is 3.22. The van der Waals surface area contributed by atoms with Gasteiger partial charge in [-0.25, -0.2) is 14.6 Å². The first-order chi connectivity index (χ1) is 15.6. The molecule has 170 valence electrons. The Labute approximate surface area is 191 Å². The predicted octanol–water partition coefficient (Wildman–Crippen LogP) is 2.28. The second-order valence-electron chi connectivity index (χ2n) is 7.42. The first kappa shape index (κ1) is 22.3. The van der Waals surface area contributed by atoms with E-state index in [1.54, 1.807) is 11.8 Å². The van der Waals surface area contributed by atoms with Gasteiger partial charge >= 0.3 is 0 Å². The fraction of sp³-hybridized carbons (Fsp3) is 0.455. The van der Waals surface area contributed by atoms with Crippen molar-refractivity contribution < 1.29 is 14.3 Å². The lowest BCUT2D eigenvalue weighted by molar-refractivity contribution is -0.123. The molecule has 4 rings (SSSR count). The molecule has 0 unspecified atom stereocenters. The molecule has 1 aromatic carbocycles. The molecule has 3 heterocycles. The lowest BCUT2D eigenvalue weighted by Gasteiger charge is -2.28. The Hall–Kier alpha value is -2.85. The Balaban J connectivity index is 1.39. The van der Waals surface area contributed by atoms with Crippen molar-refractivity contribution in [3.8, 4) is 5.75 Å². The van der Waals surface area contributed by atoms with Crippen molar-refractivity contribution >= 4 is 34.5 Å². The molecule has 1 amide bonds. The minimum atomic E-state index is -0.173. The van der Waals surface area contributed by atoms with Gasteiger partial charge in [-0.15, -0.1) is 0 Å². The molecule has 1 N–H and O–H groups in total. The van der Waals surface area contributed by atoms with E-state index < -0.39 is 0 Å². The summed E-state index contributed by atoms with van der Waals surface area (Å²) in [7, 11) is 0. The average molecular weight is 457 g/mol. The molecule has 1 fully saturated rings. The van der Waals surface area contributed by atoms with Gasteiger partial charge in [0.05, 0.1) is 31.3 Å². The molecule has 0 atom stereocenters. The number of amides is 1. The minimum Gasteiger partial charge on any atom is -0.484 e. The number of fused-ring (bicyclic) bond motifs is 1. The number of carbonyl (C=O) groups excluding carboxylic acids is 1. The van der Waals surface area contributed by atoms with Gasteiger partial charge in [0, 0.05) is 19.6 Å². The zero-order valence-electron chi connectivity index (χ0n) is 18.4. The Kier molecular flexibility index (Phi) is 7.43. The first-order valence-electron chi connectivity index (χ1n) is 10.8. The summed E-state index contributed by atoms with van der Waals surface area (Å²) >= 11 is 1.61. The molecular formula is C22H28N6O3S. The smallest absolute Gasteiger partial charge is 0.258 e. The van der Waals surface area contributed by atoms with Gasteiger partial charge in [0.2, 0.25) is 0 Å². The molecule has 0 aliphatic carbocycles. The molecule has 10 heteroatoms. The molecule has 3 aromatic rings. The molecule has 9 nitrogen and oxygen atoms in total. The second kappa shape index (κ2) is 10.6. The lowest BCUT2D eigenvalue weighted by atomic mass is 10.2. The van der Waals surface area contributed by atoms with Crippen LogP contribution in [0.15, 0.2) is 35.6 Å². The maximum atomic E-state index is 12.2. The molecule has 0 saturated carbocycles. The van der Waals surface area contributed by atoms with E-state index in [2.05, 4.69) is 22.2 Å². The van der Waals surface area contributed by atoms with Crippen LogP contribution in [0.5, 0.6) is 5.75 Å². The topological polar surface area (TPSA) is 94.4 Å². The number of aromatic nitrogens is 4. The van der Waals surface area contributed by atoms with Crippen LogP contribution in [0.3, 0.4) is 0 Å². The van der Waals surface area contributed by atoms with Gasteiger partial charge in [-0.05, 0) is 24.8 Å². The summed E-state index contributed by atoms with van der Waals surface area (Å²) in [5, 5.41) is 9.05. The third kappa shape index (κ3) is 5.49. The van der Waals surface area contributed by atoms with Crippen LogP contribution in [0.25, 0.3) is 11.0 Å². The van der Waals surface area contributed by atoms with Crippen LogP contribution in [0.1, 0.15) is 12.5 Å². The number of rotatable bonds is 9. The monoisotopic (exact) mass is 456 g/mol. The molecule has 2 aromatic heterocycles. The largest absolute Gasteiger partial charge is 0.484 e. The lowest BCUT2D eigenvalue weighted by Crippen LogP contribution is -2.37. The van der Waals surface area contributed by atoms with E-state index >= 15 is 0 Å². The Bertz CT molecular complexity index is 1050. The Morgan fingerprint density at radius 1 is 1.22 bits per heavy atom. The van der Waals surface area contributed by atoms with E-state index in [-0.39, 0.29) is 12.5 Å². The number of thioether (sulfide) groups is 1. The number of ether oxygens (including phenoxy) is 2. The van der Waals surface area contributed by atoms with Crippen LogP contribution in [-0.2, 0) is 16.1 Å². The Morgan fingerprint density at radius 2 is 2.00 bits per heavy atom. The van der Waals surface area contributed by atoms with E-state index in [9.17, 15) is 4.79 Å². The zero-order chi connectivity index (χ0) is 22.3. The third-order valence-electron chi connectivity index (χ3n) is 5.08. The van der Waals surface area contributed by atoms with Crippen LogP contribution in [0, 0.1) is 6.92 Å². The van der Waals surface area contributed by atoms with Crippen LogP contribution >= 0.6 is 11.8 Å². The summed E-state index contributed by atoms with van der Waals surface area (Å²) < 4.78 is 12.8. The van der Waals surface area contributed by atoms with Gasteiger partial charge in [0.25, 0.3) is 5.91 Å². The molecule has 1 aliphatic heterocycles. The number of anilines is 1. The number of benzene rings is 1. The fourth-order valence-corrected chi connectivity index (χ4v) is 3.99. The third-order valence-corrected chi connectivity index (χ3v) is 5.81. The van der Waals surface area contributed by atoms with E-state index in [4.69, 9.17) is 19.4 Å². The molecule has 0 bridgehead atoms. The van der Waals surface area contributed by atoms with Gasteiger partial charge < -0.3 is 19.7 Å². The minimum absolute atomic E-state index is 0.0243. The number of aryl methyl sites for hydroxylation is 1. The molecular weight excluding hydrogens is 428 g/mol. The van der Waals surface area contributed by atoms with Crippen molar-refractivity contribution in [2.24, 2.45) is 0 Å². The van der Waals surface area contributed by atoms with E-state index in [1.807, 2.05) is 42.1 Å². The zero-order valence-corrected chi connectivity index (χ0v) is 19.2. The van der Waals surface area contributed by atoms with Gasteiger partial charge in [0.15, 0.2) is 17.4 Å². The number of nitrogens with zero attached hydrogens (tertiary/aromatic N) is 5. The summed E-state index contributed by atoms with van der Waals surface area (Å²) in [4.78, 5) is 23.9. The number of nitrogens with one attached hydrogen (secondary N) is 1. The summed E-state index contributed by atoms with van der Waals surface area (Å²) in [6.45, 7) is 7.97. The maximum absolute atomic E-state index is 12.2. The van der Waals surface area contributed by atoms with Crippen molar-refractivity contribution in [3.05, 3.63) is 36.0 Å². The van der Waals surface area contributed by atoms with Crippen LogP contribution in [-0.4, -0.2) is 70.9 Å². The summed E-state index contributed by atoms with van der Waals surface area (Å²) in [6, 6.07) is 7.62. The van der Waals surface area contributed by atoms with Crippen LogP contribution < -0.4 is 15.0 Å². The highest BCUT2D eigenvalue weighted by atomic mass is 32.2. The molecule has 0 spiro atoms. The van der Waals surface area contributed by atoms with Gasteiger partial charge in [-0.1, -0.05) is 36.4 Å². The van der Waals surface area contributed by atoms with Gasteiger partial charge in [-0.2, -0.15) is 5.10 Å². The molecule has 0 radical (unpaired) electrons. The highest BCUT2D eigenvalue weighted by molar-refractivity contribution is 7.99. The van der Waals surface area contributed by atoms with Crippen molar-refractivity contribution in [2.45, 2.75) is 25.5 Å². The number of carbonyl (C=O) groups is 1. The van der Waals surface area contributed by atoms with Crippen molar-refractivity contribution in [3.63, 3.8) is 0 Å². The van der Waals surface area contributed by atoms with E-state index in [1.165, 1.54) is 0 Å². The summed E-state index contributed by atoms with van der Waals surface area (Å²) in [5.41, 5.74) is 1.93. The maximum Gasteiger partial charge on any atom is 0.258 e. The second-order valence-corrected chi connectivity index (χ2v) is 8.65. The standard InChI is InChI=1S/C22H28N6O3S/c1-3-32-22-25-20(27-10-12-30-13-11-27)18-14-24-28(21(18)26-22)9-8-23-19(29)15-31-17-6-4-16(2)5-7-17/h4-7,14H,3,8-13,15H2,1-2H3,(H,23,29). The normalized spacial score (nSPS) is 14.0. The molecule has 1 saturated heterocycles. The SMILES string of the molecule is CCSc1nc(N2CCOCC2)c2cnn(CCNC(=O)COc3ccc(C)cc3)c2n1. The Morgan fingerprint density at radius 3 is 2.75 bits per heavy atom. The van der Waals surface area contributed by atoms with Crippen LogP contribution in [0.2, 0.25) is 0 Å². The summed E-state index contributed by atoms with van der Waals surface area (Å²) in [6.07, 6.45) is 1.81. The van der Waals surface area contributed by atoms with E-state index in [0.29, 0.717) is 32.1 Å². The van der Waals surface area contributed by atoms with Crippen molar-refractivity contribution in [1.82, 2.24) is 25.1 Å². The molecule has 1 aliphatic rings. The fourth-order valence-electron chi connectivity index (χ4n) is 3.43. The van der Waals surface area contributed by atoms with Gasteiger partial charge in [0.1, 0.15) is 11.6 Å². The van der Waals surface area contributed by atoms with Crippen molar-refractivity contribution in [2.75, 3.05) is 50.1 Å². The van der Waals surface area contributed by atoms with Crippen LogP contribution in [0.4, 0.5) is 5.82 Å². The molecule has 32 heavy (non-hydrogen) atoms. The number of hydrogen-bond acceptors (Lipinski definition) is 8. The summed E-state index contributed by atoms with van der Waals surface area (Å²) in [5.74, 6) is 2.29. The quantitative estimate of drug-likeness (QED) is 0.387. The van der Waals surface area contributed by atoms with Gasteiger partial charge in [-0.3, -0.25) is 4.79 Å².